The Morgan fingerprint density at radius 2 is 1.68 bits per heavy atom. The predicted octanol–water partition coefficient (Wildman–Crippen LogP) is 5.40. The number of carbonyl (C=O) groups excluding carboxylic acids is 2. The van der Waals surface area contributed by atoms with Gasteiger partial charge in [0.1, 0.15) is 12.4 Å². The van der Waals surface area contributed by atoms with Gasteiger partial charge in [-0.15, -0.1) is 0 Å². The van der Waals surface area contributed by atoms with Crippen molar-refractivity contribution in [1.82, 2.24) is 10.2 Å². The van der Waals surface area contributed by atoms with Gasteiger partial charge in [-0.3, -0.25) is 15.5 Å². The van der Waals surface area contributed by atoms with E-state index in [2.05, 4.69) is 5.32 Å². The van der Waals surface area contributed by atoms with Crippen LogP contribution in [0.15, 0.2) is 77.7 Å². The highest BCUT2D eigenvalue weighted by molar-refractivity contribution is 7.89. The summed E-state index contributed by atoms with van der Waals surface area (Å²) in [6, 6.07) is 20.5. The topological polar surface area (TPSA) is 143 Å². The number of amidine groups is 1. The zero-order valence-electron chi connectivity index (χ0n) is 22.1. The molecule has 0 bridgehead atoms. The summed E-state index contributed by atoms with van der Waals surface area (Å²) < 4.78 is 27.0. The molecule has 2 amide bonds. The van der Waals surface area contributed by atoms with E-state index in [0.717, 1.165) is 17.5 Å². The van der Waals surface area contributed by atoms with Gasteiger partial charge in [0, 0.05) is 24.2 Å². The SMILES string of the molecule is CCCN(Cc1cccc(C(=N)NC(=O)OCC(Cl)(Cl)Cl)c1)C(=O)Cc1ccc(-c2ccccc2S(N)(=O)=O)cc1. The Kier molecular flexibility index (Phi) is 11.2. The van der Waals surface area contributed by atoms with Crippen LogP contribution in [0.2, 0.25) is 0 Å². The molecule has 0 saturated heterocycles. The first-order valence-electron chi connectivity index (χ1n) is 12.4. The molecule has 4 N–H and O–H groups in total. The van der Waals surface area contributed by atoms with Crippen molar-refractivity contribution in [2.24, 2.45) is 5.14 Å². The summed E-state index contributed by atoms with van der Waals surface area (Å²) in [4.78, 5) is 26.9. The lowest BCUT2D eigenvalue weighted by Crippen LogP contribution is -2.34. The summed E-state index contributed by atoms with van der Waals surface area (Å²) in [7, 11) is -3.90. The van der Waals surface area contributed by atoms with E-state index >= 15 is 0 Å². The average Bonchev–Trinajstić information content (AvgIpc) is 2.91. The Hall–Kier alpha value is -3.15. The molecule has 13 heteroatoms. The standard InChI is InChI=1S/C28H29Cl3N4O5S/c1-2-14-35(17-20-6-5-7-22(15-20)26(32)34-27(37)40-18-28(29,30)31)25(36)16-19-10-12-21(13-11-19)23-8-3-4-9-24(23)41(33,38)39/h3-13,15H,2,14,16-18H2,1H3,(H2,32,34,37)(H2,33,38,39). The van der Waals surface area contributed by atoms with Gasteiger partial charge in [-0.2, -0.15) is 0 Å². The summed E-state index contributed by atoms with van der Waals surface area (Å²) in [5.74, 6) is -0.308. The molecule has 9 nitrogen and oxygen atoms in total. The van der Waals surface area contributed by atoms with Crippen LogP contribution in [0.1, 0.15) is 30.0 Å². The number of alkyl halides is 3. The van der Waals surface area contributed by atoms with Crippen LogP contribution < -0.4 is 10.5 Å². The minimum Gasteiger partial charge on any atom is -0.445 e. The van der Waals surface area contributed by atoms with E-state index in [-0.39, 0.29) is 23.1 Å². The van der Waals surface area contributed by atoms with Crippen molar-refractivity contribution >= 4 is 62.7 Å². The van der Waals surface area contributed by atoms with E-state index in [4.69, 9.17) is 50.1 Å². The molecule has 0 aliphatic rings. The molecule has 0 aliphatic heterocycles. The summed E-state index contributed by atoms with van der Waals surface area (Å²) in [5, 5.41) is 15.8. The van der Waals surface area contributed by atoms with Crippen molar-refractivity contribution in [2.75, 3.05) is 13.2 Å². The zero-order valence-corrected chi connectivity index (χ0v) is 25.2. The number of nitrogens with two attached hydrogens (primary N) is 1. The minimum atomic E-state index is -3.90. The van der Waals surface area contributed by atoms with Crippen molar-refractivity contribution in [1.29, 1.82) is 5.41 Å². The highest BCUT2D eigenvalue weighted by atomic mass is 35.6. The maximum Gasteiger partial charge on any atom is 0.412 e. The molecule has 0 fully saturated rings. The number of nitrogens with one attached hydrogen (secondary N) is 2. The molecule has 3 rings (SSSR count). The van der Waals surface area contributed by atoms with Crippen molar-refractivity contribution in [3.63, 3.8) is 0 Å². The normalized spacial score (nSPS) is 11.5. The third-order valence-corrected chi connectivity index (χ3v) is 7.14. The molecule has 3 aromatic rings. The van der Waals surface area contributed by atoms with E-state index < -0.39 is 26.5 Å². The van der Waals surface area contributed by atoms with Crippen LogP contribution in [0.4, 0.5) is 4.79 Å². The number of benzene rings is 3. The largest absolute Gasteiger partial charge is 0.445 e. The summed E-state index contributed by atoms with van der Waals surface area (Å²) in [6.45, 7) is 2.31. The highest BCUT2D eigenvalue weighted by Gasteiger charge is 2.23. The molecule has 0 heterocycles. The fourth-order valence-corrected chi connectivity index (χ4v) is 4.93. The molecular formula is C28H29Cl3N4O5S. The number of hydrogen-bond donors (Lipinski definition) is 3. The molecule has 0 saturated carbocycles. The van der Waals surface area contributed by atoms with Gasteiger partial charge in [0.15, 0.2) is 0 Å². The quantitative estimate of drug-likeness (QED) is 0.155. The minimum absolute atomic E-state index is 0.0307. The fourth-order valence-electron chi connectivity index (χ4n) is 4.01. The number of carbonyl (C=O) groups is 2. The molecule has 41 heavy (non-hydrogen) atoms. The monoisotopic (exact) mass is 638 g/mol. The van der Waals surface area contributed by atoms with Crippen LogP contribution in [0, 0.1) is 5.41 Å². The van der Waals surface area contributed by atoms with Gasteiger partial charge in [0.2, 0.25) is 19.7 Å². The fraction of sp³-hybridized carbons (Fsp3) is 0.250. The first kappa shape index (κ1) is 32.4. The number of halogens is 3. The Labute approximate surface area is 254 Å². The first-order chi connectivity index (χ1) is 19.3. The van der Waals surface area contributed by atoms with Crippen LogP contribution in [0.3, 0.4) is 0 Å². The third-order valence-electron chi connectivity index (χ3n) is 5.84. The Bertz CT molecular complexity index is 1510. The Morgan fingerprint density at radius 3 is 2.32 bits per heavy atom. The number of rotatable bonds is 10. The number of sulfonamides is 1. The van der Waals surface area contributed by atoms with Crippen molar-refractivity contribution < 1.29 is 22.7 Å². The van der Waals surface area contributed by atoms with Crippen LogP contribution in [-0.4, -0.2) is 48.1 Å². The number of hydrogen-bond acceptors (Lipinski definition) is 6. The third kappa shape index (κ3) is 10.0. The summed E-state index contributed by atoms with van der Waals surface area (Å²) >= 11 is 16.7. The summed E-state index contributed by atoms with van der Waals surface area (Å²) in [6.07, 6.45) is -0.0571. The maximum absolute atomic E-state index is 13.2. The molecule has 0 spiro atoms. The van der Waals surface area contributed by atoms with Gasteiger partial charge < -0.3 is 9.64 Å². The molecule has 0 unspecified atom stereocenters. The predicted molar refractivity (Wildman–Crippen MR) is 161 cm³/mol. The van der Waals surface area contributed by atoms with E-state index in [1.807, 2.05) is 13.0 Å². The Balaban J connectivity index is 1.68. The molecular weight excluding hydrogens is 611 g/mol. The molecule has 0 aliphatic carbocycles. The molecule has 3 aromatic carbocycles. The number of nitrogens with zero attached hydrogens (tertiary/aromatic N) is 1. The zero-order chi connectivity index (χ0) is 30.2. The van der Waals surface area contributed by atoms with Crippen LogP contribution in [-0.2, 0) is 32.5 Å². The maximum atomic E-state index is 13.2. The number of ether oxygens (including phenoxy) is 1. The molecule has 0 aromatic heterocycles. The summed E-state index contributed by atoms with van der Waals surface area (Å²) in [5.41, 5.74) is 3.09. The van der Waals surface area contributed by atoms with E-state index in [0.29, 0.717) is 29.8 Å². The smallest absolute Gasteiger partial charge is 0.412 e. The second-order valence-electron chi connectivity index (χ2n) is 9.12. The second kappa shape index (κ2) is 14.2. The number of amides is 2. The van der Waals surface area contributed by atoms with Crippen molar-refractivity contribution in [3.8, 4) is 11.1 Å². The van der Waals surface area contributed by atoms with Gasteiger partial charge in [0.25, 0.3) is 0 Å². The highest BCUT2D eigenvalue weighted by Crippen LogP contribution is 2.27. The van der Waals surface area contributed by atoms with Gasteiger partial charge in [-0.1, -0.05) is 102 Å². The van der Waals surface area contributed by atoms with Crippen molar-refractivity contribution in [2.45, 2.75) is 35.0 Å². The molecule has 218 valence electrons. The molecule has 0 radical (unpaired) electrons. The van der Waals surface area contributed by atoms with E-state index in [1.54, 1.807) is 65.6 Å². The van der Waals surface area contributed by atoms with Crippen LogP contribution in [0.5, 0.6) is 0 Å². The average molecular weight is 640 g/mol. The van der Waals surface area contributed by atoms with E-state index in [9.17, 15) is 18.0 Å². The second-order valence-corrected chi connectivity index (χ2v) is 13.2. The van der Waals surface area contributed by atoms with Crippen LogP contribution in [0.25, 0.3) is 11.1 Å². The van der Waals surface area contributed by atoms with Gasteiger partial charge >= 0.3 is 6.09 Å². The first-order valence-corrected chi connectivity index (χ1v) is 15.1. The number of alkyl carbamates (subject to hydrolysis) is 1. The lowest BCUT2D eigenvalue weighted by atomic mass is 10.0. The lowest BCUT2D eigenvalue weighted by molar-refractivity contribution is -0.131. The van der Waals surface area contributed by atoms with E-state index in [1.165, 1.54) is 6.07 Å². The van der Waals surface area contributed by atoms with Gasteiger partial charge in [0.05, 0.1) is 11.3 Å². The van der Waals surface area contributed by atoms with Crippen molar-refractivity contribution in [3.05, 3.63) is 89.5 Å². The molecule has 0 atom stereocenters. The van der Waals surface area contributed by atoms with Gasteiger partial charge in [-0.25, -0.2) is 18.4 Å². The number of primary sulfonamides is 1. The van der Waals surface area contributed by atoms with Gasteiger partial charge in [-0.05, 0) is 35.2 Å². The Morgan fingerprint density at radius 1 is 1.00 bits per heavy atom. The van der Waals surface area contributed by atoms with Crippen LogP contribution >= 0.6 is 34.8 Å². The lowest BCUT2D eigenvalue weighted by Gasteiger charge is -2.23.